The Morgan fingerprint density at radius 1 is 1.18 bits per heavy atom. The minimum absolute atomic E-state index is 0.254. The summed E-state index contributed by atoms with van der Waals surface area (Å²) in [5, 5.41) is 4.29. The van der Waals surface area contributed by atoms with Crippen molar-refractivity contribution in [2.24, 2.45) is 7.05 Å². The van der Waals surface area contributed by atoms with Crippen molar-refractivity contribution in [3.05, 3.63) is 17.0 Å². The van der Waals surface area contributed by atoms with Crippen LogP contribution in [0.4, 0.5) is 0 Å². The summed E-state index contributed by atoms with van der Waals surface area (Å²) in [7, 11) is 1.89. The number of carbonyl (C=O) groups is 1. The molecule has 0 saturated heterocycles. The highest BCUT2D eigenvalue weighted by atomic mass is 16.1. The predicted molar refractivity (Wildman–Crippen MR) is 70.4 cm³/mol. The largest absolute Gasteiger partial charge is 0.294 e. The van der Waals surface area contributed by atoms with Gasteiger partial charge in [-0.15, -0.1) is 0 Å². The lowest BCUT2D eigenvalue weighted by atomic mass is 10.0. The molecular formula is C14H24N2O. The van der Waals surface area contributed by atoms with Gasteiger partial charge in [0.05, 0.1) is 11.3 Å². The van der Waals surface area contributed by atoms with Crippen LogP contribution >= 0.6 is 0 Å². The minimum Gasteiger partial charge on any atom is -0.294 e. The van der Waals surface area contributed by atoms with E-state index < -0.39 is 0 Å². The van der Waals surface area contributed by atoms with Crippen LogP contribution in [0.2, 0.25) is 0 Å². The van der Waals surface area contributed by atoms with Gasteiger partial charge >= 0.3 is 0 Å². The lowest BCUT2D eigenvalue weighted by Crippen LogP contribution is -2.03. The number of nitrogens with zero attached hydrogens (tertiary/aromatic N) is 2. The lowest BCUT2D eigenvalue weighted by molar-refractivity contribution is 0.0978. The Bertz CT molecular complexity index is 380. The fourth-order valence-corrected chi connectivity index (χ4v) is 2.19. The van der Waals surface area contributed by atoms with E-state index >= 15 is 0 Å². The number of carbonyl (C=O) groups excluding carboxylic acids is 1. The fourth-order valence-electron chi connectivity index (χ4n) is 2.19. The Morgan fingerprint density at radius 2 is 1.82 bits per heavy atom. The predicted octanol–water partition coefficient (Wildman–Crippen LogP) is 3.58. The molecule has 1 rings (SSSR count). The van der Waals surface area contributed by atoms with Gasteiger partial charge in [-0.25, -0.2) is 0 Å². The van der Waals surface area contributed by atoms with E-state index in [4.69, 9.17) is 0 Å². The molecule has 0 unspecified atom stereocenters. The van der Waals surface area contributed by atoms with Gasteiger partial charge in [-0.1, -0.05) is 32.6 Å². The molecule has 0 spiro atoms. The molecule has 0 atom stereocenters. The van der Waals surface area contributed by atoms with Crippen molar-refractivity contribution < 1.29 is 4.79 Å². The molecule has 0 aliphatic heterocycles. The van der Waals surface area contributed by atoms with Gasteiger partial charge < -0.3 is 0 Å². The van der Waals surface area contributed by atoms with Crippen LogP contribution in [0.3, 0.4) is 0 Å². The van der Waals surface area contributed by atoms with E-state index in [1.807, 2.05) is 20.9 Å². The molecule has 0 bridgehead atoms. The van der Waals surface area contributed by atoms with Gasteiger partial charge in [0.1, 0.15) is 0 Å². The minimum atomic E-state index is 0.254. The zero-order valence-corrected chi connectivity index (χ0v) is 11.5. The van der Waals surface area contributed by atoms with Gasteiger partial charge in [-0.2, -0.15) is 5.10 Å². The summed E-state index contributed by atoms with van der Waals surface area (Å²) in [5.41, 5.74) is 2.69. The lowest BCUT2D eigenvalue weighted by Gasteiger charge is -2.02. The summed E-state index contributed by atoms with van der Waals surface area (Å²) in [4.78, 5) is 12.1. The third-order valence-electron chi connectivity index (χ3n) is 3.30. The fraction of sp³-hybridized carbons (Fsp3) is 0.714. The quantitative estimate of drug-likeness (QED) is 0.535. The van der Waals surface area contributed by atoms with Crippen molar-refractivity contribution in [3.63, 3.8) is 0 Å². The van der Waals surface area contributed by atoms with Gasteiger partial charge in [-0.05, 0) is 20.3 Å². The number of aromatic nitrogens is 2. The Hall–Kier alpha value is -1.12. The highest BCUT2D eigenvalue weighted by Crippen LogP contribution is 2.16. The number of Topliss-reactive ketones (excluding diaryl/α,β-unsaturated/α-hetero) is 1. The Balaban J connectivity index is 2.47. The first-order valence-electron chi connectivity index (χ1n) is 6.61. The molecule has 0 amide bonds. The molecule has 3 nitrogen and oxygen atoms in total. The van der Waals surface area contributed by atoms with E-state index in [0.717, 1.165) is 29.8 Å². The number of aryl methyl sites for hydroxylation is 2. The Labute approximate surface area is 104 Å². The third kappa shape index (κ3) is 3.69. The standard InChI is InChI=1S/C14H24N2O/c1-5-6-7-8-9-10-13(17)14-11(2)15-16(4)12(14)3/h5-10H2,1-4H3. The Kier molecular flexibility index (Phi) is 5.39. The van der Waals surface area contributed by atoms with Gasteiger partial charge in [-0.3, -0.25) is 9.48 Å². The van der Waals surface area contributed by atoms with E-state index in [2.05, 4.69) is 12.0 Å². The zero-order valence-electron chi connectivity index (χ0n) is 11.5. The SMILES string of the molecule is CCCCCCCC(=O)c1c(C)nn(C)c1C. The maximum Gasteiger partial charge on any atom is 0.166 e. The maximum absolute atomic E-state index is 12.1. The van der Waals surface area contributed by atoms with Crippen molar-refractivity contribution in [1.29, 1.82) is 0 Å². The molecule has 1 heterocycles. The van der Waals surface area contributed by atoms with Crippen LogP contribution in [0.5, 0.6) is 0 Å². The molecule has 96 valence electrons. The van der Waals surface area contributed by atoms with E-state index in [0.29, 0.717) is 6.42 Å². The second-order valence-electron chi connectivity index (χ2n) is 4.76. The Morgan fingerprint density at radius 3 is 2.35 bits per heavy atom. The molecular weight excluding hydrogens is 212 g/mol. The van der Waals surface area contributed by atoms with Crippen molar-refractivity contribution in [3.8, 4) is 0 Å². The van der Waals surface area contributed by atoms with E-state index in [-0.39, 0.29) is 5.78 Å². The van der Waals surface area contributed by atoms with E-state index in [1.165, 1.54) is 19.3 Å². The molecule has 0 aromatic carbocycles. The second kappa shape index (κ2) is 6.58. The first-order chi connectivity index (χ1) is 8.07. The first kappa shape index (κ1) is 13.9. The normalized spacial score (nSPS) is 10.8. The number of hydrogen-bond acceptors (Lipinski definition) is 2. The zero-order chi connectivity index (χ0) is 12.8. The van der Waals surface area contributed by atoms with E-state index in [9.17, 15) is 4.79 Å². The summed E-state index contributed by atoms with van der Waals surface area (Å²) < 4.78 is 1.79. The van der Waals surface area contributed by atoms with Crippen LogP contribution in [0, 0.1) is 13.8 Å². The van der Waals surface area contributed by atoms with Crippen LogP contribution < -0.4 is 0 Å². The van der Waals surface area contributed by atoms with Crippen LogP contribution in [-0.4, -0.2) is 15.6 Å². The van der Waals surface area contributed by atoms with Crippen LogP contribution in [-0.2, 0) is 7.05 Å². The molecule has 17 heavy (non-hydrogen) atoms. The molecule has 1 aromatic heterocycles. The average molecular weight is 236 g/mol. The number of ketones is 1. The average Bonchev–Trinajstić information content (AvgIpc) is 2.53. The number of unbranched alkanes of at least 4 members (excludes halogenated alkanes) is 4. The van der Waals surface area contributed by atoms with Crippen molar-refractivity contribution in [2.45, 2.75) is 59.3 Å². The number of rotatable bonds is 7. The van der Waals surface area contributed by atoms with Crippen molar-refractivity contribution in [2.75, 3.05) is 0 Å². The summed E-state index contributed by atoms with van der Waals surface area (Å²) in [6, 6.07) is 0. The summed E-state index contributed by atoms with van der Waals surface area (Å²) in [5.74, 6) is 0.254. The van der Waals surface area contributed by atoms with Gasteiger partial charge in [0.2, 0.25) is 0 Å². The molecule has 0 N–H and O–H groups in total. The highest BCUT2D eigenvalue weighted by molar-refractivity contribution is 5.98. The smallest absolute Gasteiger partial charge is 0.166 e. The summed E-state index contributed by atoms with van der Waals surface area (Å²) in [6.45, 7) is 6.08. The van der Waals surface area contributed by atoms with Gasteiger partial charge in [0.25, 0.3) is 0 Å². The molecule has 0 saturated carbocycles. The molecule has 0 aliphatic rings. The monoisotopic (exact) mass is 236 g/mol. The molecule has 0 radical (unpaired) electrons. The van der Waals surface area contributed by atoms with Crippen LogP contribution in [0.15, 0.2) is 0 Å². The van der Waals surface area contributed by atoms with Gasteiger partial charge in [0.15, 0.2) is 5.78 Å². The number of hydrogen-bond donors (Lipinski definition) is 0. The summed E-state index contributed by atoms with van der Waals surface area (Å²) in [6.07, 6.45) is 6.60. The highest BCUT2D eigenvalue weighted by Gasteiger charge is 2.16. The van der Waals surface area contributed by atoms with Gasteiger partial charge in [0, 0.05) is 19.2 Å². The topological polar surface area (TPSA) is 34.9 Å². The summed E-state index contributed by atoms with van der Waals surface area (Å²) >= 11 is 0. The van der Waals surface area contributed by atoms with Crippen molar-refractivity contribution >= 4 is 5.78 Å². The molecule has 0 fully saturated rings. The van der Waals surface area contributed by atoms with E-state index in [1.54, 1.807) is 4.68 Å². The van der Waals surface area contributed by atoms with Crippen LogP contribution in [0.1, 0.15) is 67.2 Å². The molecule has 1 aromatic rings. The maximum atomic E-state index is 12.1. The molecule has 3 heteroatoms. The van der Waals surface area contributed by atoms with Crippen molar-refractivity contribution in [1.82, 2.24) is 9.78 Å². The van der Waals surface area contributed by atoms with Crippen LogP contribution in [0.25, 0.3) is 0 Å². The molecule has 0 aliphatic carbocycles. The third-order valence-corrected chi connectivity index (χ3v) is 3.30. The first-order valence-corrected chi connectivity index (χ1v) is 6.61. The second-order valence-corrected chi connectivity index (χ2v) is 4.76.